The fourth-order valence-electron chi connectivity index (χ4n) is 2.00. The van der Waals surface area contributed by atoms with Crippen LogP contribution in [0.4, 0.5) is 0 Å². The van der Waals surface area contributed by atoms with E-state index in [0.717, 1.165) is 11.6 Å². The lowest BCUT2D eigenvalue weighted by Crippen LogP contribution is -2.28. The van der Waals surface area contributed by atoms with Gasteiger partial charge in [-0.15, -0.1) is 0 Å². The van der Waals surface area contributed by atoms with Gasteiger partial charge in [-0.2, -0.15) is 0 Å². The molecule has 124 valence electrons. The van der Waals surface area contributed by atoms with Crippen molar-refractivity contribution in [2.24, 2.45) is 0 Å². The molecular formula is C18H16O6. The highest BCUT2D eigenvalue weighted by atomic mass is 16.6. The summed E-state index contributed by atoms with van der Waals surface area (Å²) in [6, 6.07) is 12.9. The van der Waals surface area contributed by atoms with Crippen LogP contribution in [0.15, 0.2) is 54.6 Å². The third-order valence-electron chi connectivity index (χ3n) is 3.21. The minimum atomic E-state index is -1.29. The fourth-order valence-corrected chi connectivity index (χ4v) is 2.00. The number of hydrogen-bond acceptors (Lipinski definition) is 5. The van der Waals surface area contributed by atoms with E-state index in [9.17, 15) is 24.9 Å². The monoisotopic (exact) mass is 328 g/mol. The number of ether oxygens (including phenoxy) is 1. The van der Waals surface area contributed by atoms with Crippen molar-refractivity contribution in [2.75, 3.05) is 0 Å². The normalized spacial score (nSPS) is 12.0. The van der Waals surface area contributed by atoms with Crippen LogP contribution in [-0.2, 0) is 20.7 Å². The molecule has 0 aliphatic carbocycles. The number of phenols is 2. The van der Waals surface area contributed by atoms with Crippen LogP contribution >= 0.6 is 0 Å². The molecule has 6 nitrogen and oxygen atoms in total. The second kappa shape index (κ2) is 7.82. The minimum Gasteiger partial charge on any atom is -0.504 e. The number of benzene rings is 2. The van der Waals surface area contributed by atoms with Gasteiger partial charge in [0.05, 0.1) is 0 Å². The standard InChI is InChI=1S/C18H16O6/c19-14-8-6-13(10-15(14)20)7-9-17(21)24-16(18(22)23)11-12-4-2-1-3-5-12/h1-10,16,19-20H,11H2,(H,22,23)/b9-7+/t16-/m0/s1. The summed E-state index contributed by atoms with van der Waals surface area (Å²) in [5.41, 5.74) is 1.20. The van der Waals surface area contributed by atoms with Gasteiger partial charge in [0.25, 0.3) is 0 Å². The number of aliphatic carboxylic acids is 1. The van der Waals surface area contributed by atoms with Crippen LogP contribution in [-0.4, -0.2) is 33.4 Å². The van der Waals surface area contributed by atoms with E-state index in [0.29, 0.717) is 5.56 Å². The molecule has 0 heterocycles. The Morgan fingerprint density at radius 2 is 1.75 bits per heavy atom. The van der Waals surface area contributed by atoms with Gasteiger partial charge < -0.3 is 20.1 Å². The van der Waals surface area contributed by atoms with Crippen LogP contribution in [0.2, 0.25) is 0 Å². The number of carbonyl (C=O) groups is 2. The van der Waals surface area contributed by atoms with Crippen LogP contribution in [0.25, 0.3) is 6.08 Å². The Morgan fingerprint density at radius 3 is 2.38 bits per heavy atom. The number of phenolic OH excluding ortho intramolecular Hbond substituents is 2. The van der Waals surface area contributed by atoms with Crippen molar-refractivity contribution < 1.29 is 29.6 Å². The average Bonchev–Trinajstić information content (AvgIpc) is 2.56. The molecule has 0 radical (unpaired) electrons. The van der Waals surface area contributed by atoms with Crippen molar-refractivity contribution in [1.82, 2.24) is 0 Å². The average molecular weight is 328 g/mol. The summed E-state index contributed by atoms with van der Waals surface area (Å²) >= 11 is 0. The van der Waals surface area contributed by atoms with Crippen LogP contribution in [0, 0.1) is 0 Å². The number of carboxylic acids is 1. The third-order valence-corrected chi connectivity index (χ3v) is 3.21. The number of aromatic hydroxyl groups is 2. The fraction of sp³-hybridized carbons (Fsp3) is 0.111. The summed E-state index contributed by atoms with van der Waals surface area (Å²) in [4.78, 5) is 23.0. The SMILES string of the molecule is O=C(/C=C/c1ccc(O)c(O)c1)O[C@@H](Cc1ccccc1)C(=O)O. The first-order valence-electron chi connectivity index (χ1n) is 7.13. The highest BCUT2D eigenvalue weighted by Gasteiger charge is 2.21. The Labute approximate surface area is 138 Å². The molecule has 0 saturated carbocycles. The molecule has 0 aliphatic heterocycles. The van der Waals surface area contributed by atoms with Gasteiger partial charge in [-0.05, 0) is 29.3 Å². The number of carbonyl (C=O) groups excluding carboxylic acids is 1. The van der Waals surface area contributed by atoms with Crippen molar-refractivity contribution in [1.29, 1.82) is 0 Å². The molecule has 0 aromatic heterocycles. The van der Waals surface area contributed by atoms with Crippen LogP contribution in [0.1, 0.15) is 11.1 Å². The zero-order valence-corrected chi connectivity index (χ0v) is 12.6. The number of rotatable bonds is 6. The maximum absolute atomic E-state index is 11.8. The van der Waals surface area contributed by atoms with E-state index in [4.69, 9.17) is 4.74 Å². The van der Waals surface area contributed by atoms with Gasteiger partial charge in [0, 0.05) is 12.5 Å². The van der Waals surface area contributed by atoms with Gasteiger partial charge in [0.15, 0.2) is 11.5 Å². The first-order valence-corrected chi connectivity index (χ1v) is 7.13. The highest BCUT2D eigenvalue weighted by Crippen LogP contribution is 2.25. The van der Waals surface area contributed by atoms with E-state index in [1.807, 2.05) is 0 Å². The molecule has 0 spiro atoms. The molecule has 0 aliphatic rings. The first-order chi connectivity index (χ1) is 11.5. The lowest BCUT2D eigenvalue weighted by atomic mass is 10.1. The maximum Gasteiger partial charge on any atom is 0.345 e. The highest BCUT2D eigenvalue weighted by molar-refractivity contribution is 5.89. The number of carboxylic acid groups (broad SMARTS) is 1. The van der Waals surface area contributed by atoms with E-state index in [-0.39, 0.29) is 17.9 Å². The van der Waals surface area contributed by atoms with Gasteiger partial charge in [0.1, 0.15) is 0 Å². The summed E-state index contributed by atoms with van der Waals surface area (Å²) in [7, 11) is 0. The molecule has 0 amide bonds. The zero-order chi connectivity index (χ0) is 17.5. The molecule has 2 rings (SSSR count). The summed E-state index contributed by atoms with van der Waals surface area (Å²) < 4.78 is 4.95. The molecule has 0 unspecified atom stereocenters. The predicted octanol–water partition coefficient (Wildman–Crippen LogP) is 2.35. The molecule has 2 aromatic rings. The Morgan fingerprint density at radius 1 is 1.04 bits per heavy atom. The number of esters is 1. The van der Waals surface area contributed by atoms with Gasteiger partial charge in [-0.25, -0.2) is 9.59 Å². The first kappa shape index (κ1) is 17.1. The molecular weight excluding hydrogens is 312 g/mol. The largest absolute Gasteiger partial charge is 0.504 e. The molecule has 0 saturated heterocycles. The summed E-state index contributed by atoms with van der Waals surface area (Å²) in [5, 5.41) is 27.8. The summed E-state index contributed by atoms with van der Waals surface area (Å²) in [6.07, 6.45) is 1.18. The lowest BCUT2D eigenvalue weighted by molar-refractivity contribution is -0.160. The molecule has 24 heavy (non-hydrogen) atoms. The Balaban J connectivity index is 2.01. The van der Waals surface area contributed by atoms with Crippen molar-refractivity contribution >= 4 is 18.0 Å². The van der Waals surface area contributed by atoms with Crippen LogP contribution < -0.4 is 0 Å². The van der Waals surface area contributed by atoms with Gasteiger partial charge >= 0.3 is 11.9 Å². The van der Waals surface area contributed by atoms with E-state index in [1.54, 1.807) is 30.3 Å². The molecule has 1 atom stereocenters. The second-order valence-electron chi connectivity index (χ2n) is 5.03. The Bertz CT molecular complexity index is 751. The smallest absolute Gasteiger partial charge is 0.345 e. The Hall–Kier alpha value is -3.28. The maximum atomic E-state index is 11.8. The lowest BCUT2D eigenvalue weighted by Gasteiger charge is -2.12. The molecule has 0 fully saturated rings. The molecule has 0 bridgehead atoms. The van der Waals surface area contributed by atoms with Gasteiger partial charge in [-0.1, -0.05) is 36.4 Å². The number of hydrogen-bond donors (Lipinski definition) is 3. The topological polar surface area (TPSA) is 104 Å². The Kier molecular flexibility index (Phi) is 5.57. The summed E-state index contributed by atoms with van der Waals surface area (Å²) in [5.74, 6) is -2.64. The van der Waals surface area contributed by atoms with E-state index < -0.39 is 18.0 Å². The van der Waals surface area contributed by atoms with Gasteiger partial charge in [-0.3, -0.25) is 0 Å². The van der Waals surface area contributed by atoms with Gasteiger partial charge in [0.2, 0.25) is 6.10 Å². The van der Waals surface area contributed by atoms with E-state index >= 15 is 0 Å². The zero-order valence-electron chi connectivity index (χ0n) is 12.6. The van der Waals surface area contributed by atoms with Crippen LogP contribution in [0.5, 0.6) is 11.5 Å². The summed E-state index contributed by atoms with van der Waals surface area (Å²) in [6.45, 7) is 0. The molecule has 6 heteroatoms. The van der Waals surface area contributed by atoms with Crippen molar-refractivity contribution in [2.45, 2.75) is 12.5 Å². The van der Waals surface area contributed by atoms with Crippen molar-refractivity contribution in [3.63, 3.8) is 0 Å². The molecule has 2 aromatic carbocycles. The van der Waals surface area contributed by atoms with E-state index in [2.05, 4.69) is 0 Å². The van der Waals surface area contributed by atoms with Crippen LogP contribution in [0.3, 0.4) is 0 Å². The van der Waals surface area contributed by atoms with Crippen molar-refractivity contribution in [3.8, 4) is 11.5 Å². The quantitative estimate of drug-likeness (QED) is 0.427. The second-order valence-corrected chi connectivity index (χ2v) is 5.03. The molecule has 3 N–H and O–H groups in total. The third kappa shape index (κ3) is 4.88. The van der Waals surface area contributed by atoms with Crippen molar-refractivity contribution in [3.05, 3.63) is 65.7 Å². The minimum absolute atomic E-state index is 0.0652. The predicted molar refractivity (Wildman–Crippen MR) is 86.5 cm³/mol. The van der Waals surface area contributed by atoms with E-state index in [1.165, 1.54) is 24.3 Å².